The molecule has 1 atom stereocenters. The third-order valence-corrected chi connectivity index (χ3v) is 4.55. The van der Waals surface area contributed by atoms with E-state index in [1.807, 2.05) is 31.2 Å². The summed E-state index contributed by atoms with van der Waals surface area (Å²) >= 11 is 0. The minimum atomic E-state index is -0.298. The number of hydrogen-bond donors (Lipinski definition) is 1. The van der Waals surface area contributed by atoms with Crippen LogP contribution in [0.5, 0.6) is 0 Å². The highest BCUT2D eigenvalue weighted by atomic mass is 16.5. The number of amides is 1. The highest BCUT2D eigenvalue weighted by Crippen LogP contribution is 2.39. The third kappa shape index (κ3) is 2.86. The SMILES string of the molecule is Cc1ccccc1C1C(=O)NCCN1Cc1noc(C2CC2)n1. The molecule has 1 aliphatic heterocycles. The summed E-state index contributed by atoms with van der Waals surface area (Å²) in [5.74, 6) is 1.90. The van der Waals surface area contributed by atoms with E-state index in [0.717, 1.165) is 36.4 Å². The van der Waals surface area contributed by atoms with Gasteiger partial charge in [-0.25, -0.2) is 0 Å². The fourth-order valence-electron chi connectivity index (χ4n) is 3.13. The van der Waals surface area contributed by atoms with Crippen molar-refractivity contribution in [3.63, 3.8) is 0 Å². The zero-order valence-corrected chi connectivity index (χ0v) is 13.2. The first kappa shape index (κ1) is 14.4. The fourth-order valence-corrected chi connectivity index (χ4v) is 3.13. The Hall–Kier alpha value is -2.21. The summed E-state index contributed by atoms with van der Waals surface area (Å²) in [4.78, 5) is 19.1. The lowest BCUT2D eigenvalue weighted by Crippen LogP contribution is -2.49. The normalized spacial score (nSPS) is 22.1. The molecule has 23 heavy (non-hydrogen) atoms. The van der Waals surface area contributed by atoms with E-state index in [1.54, 1.807) is 0 Å². The van der Waals surface area contributed by atoms with Crippen molar-refractivity contribution in [1.82, 2.24) is 20.4 Å². The van der Waals surface area contributed by atoms with Crippen molar-refractivity contribution in [3.8, 4) is 0 Å². The molecule has 2 heterocycles. The number of piperazine rings is 1. The van der Waals surface area contributed by atoms with E-state index in [1.165, 1.54) is 0 Å². The van der Waals surface area contributed by atoms with Gasteiger partial charge in [0, 0.05) is 19.0 Å². The van der Waals surface area contributed by atoms with Gasteiger partial charge in [-0.3, -0.25) is 9.69 Å². The second-order valence-electron chi connectivity index (χ2n) is 6.34. The molecule has 1 saturated heterocycles. The number of aryl methyl sites for hydroxylation is 1. The average Bonchev–Trinajstić information content (AvgIpc) is 3.29. The van der Waals surface area contributed by atoms with Gasteiger partial charge in [0.05, 0.1) is 6.54 Å². The number of hydrogen-bond acceptors (Lipinski definition) is 5. The molecule has 1 unspecified atom stereocenters. The minimum absolute atomic E-state index is 0.0384. The van der Waals surface area contributed by atoms with Crippen LogP contribution in [0.3, 0.4) is 0 Å². The van der Waals surface area contributed by atoms with E-state index in [-0.39, 0.29) is 11.9 Å². The maximum Gasteiger partial charge on any atom is 0.242 e. The van der Waals surface area contributed by atoms with Crippen LogP contribution < -0.4 is 5.32 Å². The van der Waals surface area contributed by atoms with Crippen LogP contribution in [0.25, 0.3) is 0 Å². The van der Waals surface area contributed by atoms with Gasteiger partial charge in [-0.2, -0.15) is 4.98 Å². The number of benzene rings is 1. The molecule has 6 heteroatoms. The highest BCUT2D eigenvalue weighted by molar-refractivity contribution is 5.84. The Bertz CT molecular complexity index is 723. The fraction of sp³-hybridized carbons (Fsp3) is 0.471. The summed E-state index contributed by atoms with van der Waals surface area (Å²) in [7, 11) is 0. The number of carbonyl (C=O) groups excluding carboxylic acids is 1. The molecule has 4 rings (SSSR count). The molecule has 1 aliphatic carbocycles. The number of carbonyl (C=O) groups is 1. The minimum Gasteiger partial charge on any atom is -0.353 e. The molecule has 2 aliphatic rings. The molecule has 1 N–H and O–H groups in total. The first-order chi connectivity index (χ1) is 11.2. The van der Waals surface area contributed by atoms with Gasteiger partial charge in [0.2, 0.25) is 11.8 Å². The predicted octanol–water partition coefficient (Wildman–Crippen LogP) is 1.93. The number of nitrogens with one attached hydrogen (secondary N) is 1. The summed E-state index contributed by atoms with van der Waals surface area (Å²) in [5.41, 5.74) is 2.15. The Morgan fingerprint density at radius 2 is 2.17 bits per heavy atom. The van der Waals surface area contributed by atoms with Crippen molar-refractivity contribution in [2.24, 2.45) is 0 Å². The number of aromatic nitrogens is 2. The highest BCUT2D eigenvalue weighted by Gasteiger charge is 2.34. The van der Waals surface area contributed by atoms with Gasteiger partial charge in [-0.15, -0.1) is 0 Å². The third-order valence-electron chi connectivity index (χ3n) is 4.55. The van der Waals surface area contributed by atoms with Crippen LogP contribution in [-0.2, 0) is 11.3 Å². The van der Waals surface area contributed by atoms with Crippen LogP contribution in [0.15, 0.2) is 28.8 Å². The largest absolute Gasteiger partial charge is 0.353 e. The Kier molecular flexibility index (Phi) is 3.61. The van der Waals surface area contributed by atoms with Crippen LogP contribution in [0.2, 0.25) is 0 Å². The Morgan fingerprint density at radius 1 is 1.35 bits per heavy atom. The van der Waals surface area contributed by atoms with Gasteiger partial charge in [0.15, 0.2) is 5.82 Å². The molecular weight excluding hydrogens is 292 g/mol. The van der Waals surface area contributed by atoms with Crippen LogP contribution in [0, 0.1) is 6.92 Å². The zero-order valence-electron chi connectivity index (χ0n) is 13.2. The standard InChI is InChI=1S/C17H20N4O2/c1-11-4-2-3-5-13(11)15-16(22)18-8-9-21(15)10-14-19-17(23-20-14)12-6-7-12/h2-5,12,15H,6-10H2,1H3,(H,18,22). The Morgan fingerprint density at radius 3 is 2.96 bits per heavy atom. The molecule has 1 aromatic heterocycles. The summed E-state index contributed by atoms with van der Waals surface area (Å²) in [6.07, 6.45) is 2.28. The van der Waals surface area contributed by atoms with Gasteiger partial charge in [-0.1, -0.05) is 29.4 Å². The molecule has 0 spiro atoms. The van der Waals surface area contributed by atoms with E-state index in [2.05, 4.69) is 20.4 Å². The molecule has 0 bridgehead atoms. The maximum atomic E-state index is 12.5. The lowest BCUT2D eigenvalue weighted by molar-refractivity contribution is -0.129. The van der Waals surface area contributed by atoms with Gasteiger partial charge in [0.1, 0.15) is 6.04 Å². The second-order valence-corrected chi connectivity index (χ2v) is 6.34. The van der Waals surface area contributed by atoms with Gasteiger partial charge in [-0.05, 0) is 30.9 Å². The maximum absolute atomic E-state index is 12.5. The summed E-state index contributed by atoms with van der Waals surface area (Å²) in [6.45, 7) is 3.99. The van der Waals surface area contributed by atoms with Crippen molar-refractivity contribution in [1.29, 1.82) is 0 Å². The van der Waals surface area contributed by atoms with Crippen LogP contribution in [-0.4, -0.2) is 34.0 Å². The lowest BCUT2D eigenvalue weighted by Gasteiger charge is -2.35. The molecule has 6 nitrogen and oxygen atoms in total. The Labute approximate surface area is 134 Å². The van der Waals surface area contributed by atoms with Crippen LogP contribution in [0.1, 0.15) is 47.6 Å². The first-order valence-electron chi connectivity index (χ1n) is 8.12. The molecule has 120 valence electrons. The van der Waals surface area contributed by atoms with Gasteiger partial charge >= 0.3 is 0 Å². The first-order valence-corrected chi connectivity index (χ1v) is 8.12. The van der Waals surface area contributed by atoms with Crippen molar-refractivity contribution in [2.75, 3.05) is 13.1 Å². The van der Waals surface area contributed by atoms with Crippen molar-refractivity contribution >= 4 is 5.91 Å². The van der Waals surface area contributed by atoms with E-state index < -0.39 is 0 Å². The van der Waals surface area contributed by atoms with E-state index in [0.29, 0.717) is 24.8 Å². The van der Waals surface area contributed by atoms with E-state index in [9.17, 15) is 4.79 Å². The van der Waals surface area contributed by atoms with Crippen molar-refractivity contribution in [3.05, 3.63) is 47.1 Å². The van der Waals surface area contributed by atoms with E-state index >= 15 is 0 Å². The summed E-state index contributed by atoms with van der Waals surface area (Å²) < 4.78 is 5.33. The molecule has 1 aromatic carbocycles. The monoisotopic (exact) mass is 312 g/mol. The van der Waals surface area contributed by atoms with Crippen LogP contribution in [0.4, 0.5) is 0 Å². The van der Waals surface area contributed by atoms with Crippen molar-refractivity contribution in [2.45, 2.75) is 38.3 Å². The predicted molar refractivity (Wildman–Crippen MR) is 83.6 cm³/mol. The summed E-state index contributed by atoms with van der Waals surface area (Å²) in [5, 5.41) is 7.05. The zero-order chi connectivity index (χ0) is 15.8. The number of rotatable bonds is 4. The quantitative estimate of drug-likeness (QED) is 0.934. The summed E-state index contributed by atoms with van der Waals surface area (Å²) in [6, 6.07) is 7.72. The van der Waals surface area contributed by atoms with Gasteiger partial charge in [0.25, 0.3) is 0 Å². The van der Waals surface area contributed by atoms with Crippen molar-refractivity contribution < 1.29 is 9.32 Å². The number of nitrogens with zero attached hydrogens (tertiary/aromatic N) is 3. The lowest BCUT2D eigenvalue weighted by atomic mass is 9.98. The molecule has 2 aromatic rings. The average molecular weight is 312 g/mol. The van der Waals surface area contributed by atoms with Crippen LogP contribution >= 0.6 is 0 Å². The molecule has 2 fully saturated rings. The topological polar surface area (TPSA) is 71.3 Å². The van der Waals surface area contributed by atoms with Gasteiger partial charge < -0.3 is 9.84 Å². The van der Waals surface area contributed by atoms with E-state index in [4.69, 9.17) is 4.52 Å². The second kappa shape index (κ2) is 5.77. The Balaban J connectivity index is 1.59. The molecular formula is C17H20N4O2. The molecule has 0 radical (unpaired) electrons. The molecule has 1 amide bonds. The molecule has 1 saturated carbocycles. The smallest absolute Gasteiger partial charge is 0.242 e.